The van der Waals surface area contributed by atoms with Crippen molar-refractivity contribution in [2.24, 2.45) is 0 Å². The fourth-order valence-corrected chi connectivity index (χ4v) is 3.58. The van der Waals surface area contributed by atoms with Gasteiger partial charge in [0, 0.05) is 13.1 Å². The number of nitrogens with one attached hydrogen (secondary N) is 1. The van der Waals surface area contributed by atoms with Gasteiger partial charge in [0.15, 0.2) is 0 Å². The average molecular weight is 390 g/mol. The van der Waals surface area contributed by atoms with Crippen LogP contribution in [0.1, 0.15) is 36.2 Å². The second-order valence-electron chi connectivity index (χ2n) is 6.61. The van der Waals surface area contributed by atoms with Gasteiger partial charge in [-0.3, -0.25) is 10.2 Å². The van der Waals surface area contributed by atoms with Gasteiger partial charge in [0.1, 0.15) is 23.9 Å². The van der Waals surface area contributed by atoms with Gasteiger partial charge >= 0.3 is 0 Å². The highest BCUT2D eigenvalue weighted by Crippen LogP contribution is 2.31. The molecule has 0 radical (unpaired) electrons. The number of hydrogen-bond donors (Lipinski definition) is 3. The van der Waals surface area contributed by atoms with Crippen LogP contribution in [0, 0.1) is 0 Å². The molecule has 1 fully saturated rings. The highest BCUT2D eigenvalue weighted by atomic mass is 35.5. The molecule has 8 heteroatoms. The maximum absolute atomic E-state index is 10.1. The maximum Gasteiger partial charge on any atom is 0.148 e. The molecule has 0 amide bonds. The van der Waals surface area contributed by atoms with E-state index in [9.17, 15) is 10.2 Å². The van der Waals surface area contributed by atoms with Crippen LogP contribution in [-0.4, -0.2) is 56.4 Å². The van der Waals surface area contributed by atoms with Crippen molar-refractivity contribution in [3.8, 4) is 11.4 Å². The highest BCUT2D eigenvalue weighted by Gasteiger charge is 2.25. The summed E-state index contributed by atoms with van der Waals surface area (Å²) in [5, 5.41) is 23.1. The van der Waals surface area contributed by atoms with Crippen LogP contribution >= 0.6 is 11.6 Å². The van der Waals surface area contributed by atoms with Crippen LogP contribution in [-0.2, 0) is 0 Å². The fraction of sp³-hybridized carbons (Fsp3) is 0.421. The Morgan fingerprint density at radius 2 is 2.11 bits per heavy atom. The van der Waals surface area contributed by atoms with Crippen LogP contribution in [0.3, 0.4) is 0 Å². The van der Waals surface area contributed by atoms with E-state index in [1.54, 1.807) is 19.2 Å². The van der Waals surface area contributed by atoms with E-state index in [-0.39, 0.29) is 5.92 Å². The molecule has 2 unspecified atom stereocenters. The fourth-order valence-electron chi connectivity index (χ4n) is 3.36. The van der Waals surface area contributed by atoms with Crippen LogP contribution in [0.2, 0.25) is 5.15 Å². The Morgan fingerprint density at radius 1 is 1.30 bits per heavy atom. The van der Waals surface area contributed by atoms with Crippen molar-refractivity contribution in [3.63, 3.8) is 0 Å². The molecule has 0 spiro atoms. The Labute approximate surface area is 163 Å². The van der Waals surface area contributed by atoms with Gasteiger partial charge in [0.25, 0.3) is 0 Å². The summed E-state index contributed by atoms with van der Waals surface area (Å²) in [6, 6.07) is 5.53. The van der Waals surface area contributed by atoms with E-state index in [0.717, 1.165) is 31.5 Å². The zero-order valence-electron chi connectivity index (χ0n) is 15.2. The Hall–Kier alpha value is -1.90. The summed E-state index contributed by atoms with van der Waals surface area (Å²) >= 11 is 6.28. The molecule has 144 valence electrons. The molecule has 0 aliphatic carbocycles. The van der Waals surface area contributed by atoms with Gasteiger partial charge in [0.2, 0.25) is 0 Å². The number of rotatable bonds is 6. The van der Waals surface area contributed by atoms with E-state index in [0.29, 0.717) is 22.2 Å². The summed E-state index contributed by atoms with van der Waals surface area (Å²) in [7, 11) is 1.65. The molecule has 1 aliphatic heterocycles. The second-order valence-corrected chi connectivity index (χ2v) is 7.00. The minimum Gasteiger partial charge on any atom is -0.375 e. The summed E-state index contributed by atoms with van der Waals surface area (Å²) in [5.41, 5.74) is 2.74. The van der Waals surface area contributed by atoms with Crippen LogP contribution < -0.4 is 5.32 Å². The average Bonchev–Trinajstić information content (AvgIpc) is 2.72. The third-order valence-corrected chi connectivity index (χ3v) is 5.02. The lowest BCUT2D eigenvalue weighted by Crippen LogP contribution is -2.40. The Morgan fingerprint density at radius 3 is 2.85 bits per heavy atom. The maximum atomic E-state index is 10.1. The van der Waals surface area contributed by atoms with Gasteiger partial charge in [-0.15, -0.1) is 0 Å². The number of halogens is 1. The first-order valence-electron chi connectivity index (χ1n) is 8.91. The molecule has 0 saturated carbocycles. The zero-order valence-corrected chi connectivity index (χ0v) is 16.0. The predicted octanol–water partition coefficient (Wildman–Crippen LogP) is 2.09. The molecule has 2 aromatic rings. The molecule has 3 rings (SSSR count). The van der Waals surface area contributed by atoms with E-state index in [1.807, 2.05) is 17.0 Å². The largest absolute Gasteiger partial charge is 0.375 e. The van der Waals surface area contributed by atoms with Crippen LogP contribution in [0.5, 0.6) is 0 Å². The quantitative estimate of drug-likeness (QED) is 0.395. The first kappa shape index (κ1) is 19.9. The van der Waals surface area contributed by atoms with Crippen molar-refractivity contribution < 1.29 is 10.2 Å². The lowest BCUT2D eigenvalue weighted by Gasteiger charge is -2.35. The van der Waals surface area contributed by atoms with Crippen molar-refractivity contribution in [1.82, 2.24) is 25.2 Å². The van der Waals surface area contributed by atoms with E-state index in [1.165, 1.54) is 6.33 Å². The van der Waals surface area contributed by atoms with Crippen molar-refractivity contribution in [3.05, 3.63) is 53.6 Å². The Balaban J connectivity index is 1.90. The first-order valence-corrected chi connectivity index (χ1v) is 9.29. The summed E-state index contributed by atoms with van der Waals surface area (Å²) in [4.78, 5) is 14.7. The smallest absolute Gasteiger partial charge is 0.148 e. The lowest BCUT2D eigenvalue weighted by atomic mass is 9.90. The first-order chi connectivity index (χ1) is 13.0. The van der Waals surface area contributed by atoms with Gasteiger partial charge in [-0.05, 0) is 55.6 Å². The monoisotopic (exact) mass is 389 g/mol. The van der Waals surface area contributed by atoms with Gasteiger partial charge < -0.3 is 10.2 Å². The van der Waals surface area contributed by atoms with Crippen LogP contribution in [0.4, 0.5) is 0 Å². The van der Waals surface area contributed by atoms with Crippen LogP contribution in [0.15, 0.2) is 37.2 Å². The van der Waals surface area contributed by atoms with Crippen molar-refractivity contribution in [1.29, 1.82) is 0 Å². The summed E-state index contributed by atoms with van der Waals surface area (Å²) < 4.78 is 0. The number of nitrogens with zero attached hydrogens (tertiary/aromatic N) is 4. The van der Waals surface area contributed by atoms with E-state index in [2.05, 4.69) is 26.8 Å². The number of pyridine rings is 1. The number of piperidine rings is 1. The minimum atomic E-state index is -0.877. The standard InChI is InChI=1S/C19H24ClN5O2/c1-3-18(26)25-6-4-5-12(10-25)13-7-15(24-17(20)8-13)14-9-16(19(27)21-2)23-11-22-14/h3,7-9,11-12,18-19,21,26-27H,1,4-6,10H2,2H3/t12-,18?,19?/m1/s1. The van der Waals surface area contributed by atoms with Gasteiger partial charge in [-0.2, -0.15) is 0 Å². The Kier molecular flexibility index (Phi) is 6.51. The molecule has 2 aromatic heterocycles. The van der Waals surface area contributed by atoms with Crippen molar-refractivity contribution in [2.45, 2.75) is 31.2 Å². The summed E-state index contributed by atoms with van der Waals surface area (Å²) in [6.07, 6.45) is 3.42. The predicted molar refractivity (Wildman–Crippen MR) is 104 cm³/mol. The van der Waals surface area contributed by atoms with Gasteiger partial charge in [-0.25, -0.2) is 15.0 Å². The number of aromatic nitrogens is 3. The summed E-state index contributed by atoms with van der Waals surface area (Å²) in [6.45, 7) is 5.23. The van der Waals surface area contributed by atoms with Crippen molar-refractivity contribution >= 4 is 11.6 Å². The minimum absolute atomic E-state index is 0.233. The molecule has 3 heterocycles. The third kappa shape index (κ3) is 4.69. The zero-order chi connectivity index (χ0) is 19.4. The molecule has 27 heavy (non-hydrogen) atoms. The van der Waals surface area contributed by atoms with Gasteiger partial charge in [0.05, 0.1) is 17.1 Å². The highest BCUT2D eigenvalue weighted by molar-refractivity contribution is 6.29. The molecule has 0 bridgehead atoms. The molecule has 3 atom stereocenters. The molecule has 0 aromatic carbocycles. The number of aliphatic hydroxyl groups excluding tert-OH is 2. The number of likely N-dealkylation sites (tertiary alicyclic amines) is 1. The normalized spacial score (nSPS) is 20.2. The van der Waals surface area contributed by atoms with Gasteiger partial charge in [-0.1, -0.05) is 18.2 Å². The topological polar surface area (TPSA) is 94.4 Å². The van der Waals surface area contributed by atoms with E-state index >= 15 is 0 Å². The molecular formula is C19H24ClN5O2. The molecule has 3 N–H and O–H groups in total. The van der Waals surface area contributed by atoms with Crippen LogP contribution in [0.25, 0.3) is 11.4 Å². The third-order valence-electron chi connectivity index (χ3n) is 4.83. The molecule has 1 saturated heterocycles. The summed E-state index contributed by atoms with van der Waals surface area (Å²) in [5.74, 6) is 0.233. The SMILES string of the molecule is C=CC(O)N1CCC[C@@H](c2cc(Cl)nc(-c3cc(C(O)NC)ncn3)c2)C1. The Bertz CT molecular complexity index is 803. The molecule has 7 nitrogen and oxygen atoms in total. The number of aliphatic hydroxyl groups is 2. The number of hydrogen-bond acceptors (Lipinski definition) is 7. The van der Waals surface area contributed by atoms with E-state index < -0.39 is 12.5 Å². The lowest BCUT2D eigenvalue weighted by molar-refractivity contribution is 0.0222. The second kappa shape index (κ2) is 8.86. The molecular weight excluding hydrogens is 366 g/mol. The molecule has 1 aliphatic rings. The van der Waals surface area contributed by atoms with E-state index in [4.69, 9.17) is 11.6 Å². The van der Waals surface area contributed by atoms with Crippen molar-refractivity contribution in [2.75, 3.05) is 20.1 Å².